The zero-order valence-electron chi connectivity index (χ0n) is 15.0. The fourth-order valence-corrected chi connectivity index (χ4v) is 3.73. The molecule has 1 fully saturated rings. The number of aromatic amines is 1. The van der Waals surface area contributed by atoms with Crippen molar-refractivity contribution in [2.75, 3.05) is 32.8 Å². The number of carbonyl (C=O) groups is 2. The number of hydrogen-bond donors (Lipinski definition) is 2. The van der Waals surface area contributed by atoms with Gasteiger partial charge in [0.1, 0.15) is 18.0 Å². The number of hydrogen-bond acceptors (Lipinski definition) is 3. The van der Waals surface area contributed by atoms with Gasteiger partial charge in [0.05, 0.1) is 32.8 Å². The predicted molar refractivity (Wildman–Crippen MR) is 96.7 cm³/mol. The number of carbonyl (C=O) groups excluding carboxylic acids is 2. The monoisotopic (exact) mass is 354 g/mol. The highest BCUT2D eigenvalue weighted by atomic mass is 16.5. The van der Waals surface area contributed by atoms with Crippen molar-refractivity contribution < 1.29 is 19.2 Å². The van der Waals surface area contributed by atoms with Crippen molar-refractivity contribution in [2.24, 2.45) is 0 Å². The number of benzene rings is 1. The molecule has 3 heterocycles. The van der Waals surface area contributed by atoms with Crippen molar-refractivity contribution in [3.05, 3.63) is 52.8 Å². The number of nitrogens with zero attached hydrogens (tertiary/aromatic N) is 1. The fraction of sp³-hybridized carbons (Fsp3) is 0.400. The van der Waals surface area contributed by atoms with Gasteiger partial charge in [-0.1, -0.05) is 0 Å². The van der Waals surface area contributed by atoms with Gasteiger partial charge in [-0.25, -0.2) is 0 Å². The molecule has 2 aliphatic heterocycles. The highest BCUT2D eigenvalue weighted by Gasteiger charge is 2.26. The van der Waals surface area contributed by atoms with Crippen LogP contribution in [0.2, 0.25) is 0 Å². The highest BCUT2D eigenvalue weighted by Crippen LogP contribution is 2.25. The van der Waals surface area contributed by atoms with Crippen LogP contribution in [0.5, 0.6) is 5.75 Å². The van der Waals surface area contributed by atoms with E-state index in [9.17, 15) is 9.59 Å². The second kappa shape index (κ2) is 6.96. The summed E-state index contributed by atoms with van der Waals surface area (Å²) in [5, 5.41) is 0. The Balaban J connectivity index is 1.33. The molecule has 4 rings (SSSR count). The Hall–Kier alpha value is -2.60. The lowest BCUT2D eigenvalue weighted by Crippen LogP contribution is -3.13. The maximum absolute atomic E-state index is 12.6. The molecular formula is C20H24N3O3+. The third-order valence-corrected chi connectivity index (χ3v) is 5.29. The van der Waals surface area contributed by atoms with Crippen LogP contribution in [0.1, 0.15) is 38.9 Å². The molecule has 0 saturated carbocycles. The van der Waals surface area contributed by atoms with Crippen LogP contribution in [0.25, 0.3) is 0 Å². The largest absolute Gasteiger partial charge is 0.493 e. The minimum atomic E-state index is -0.0330. The molecule has 0 unspecified atom stereocenters. The number of ketones is 1. The quantitative estimate of drug-likeness (QED) is 0.794. The molecule has 2 aliphatic rings. The number of aromatic nitrogens is 1. The summed E-state index contributed by atoms with van der Waals surface area (Å²) in [6, 6.07) is 8.14. The van der Waals surface area contributed by atoms with Crippen LogP contribution < -0.4 is 9.64 Å². The first-order chi connectivity index (χ1) is 12.6. The molecule has 1 saturated heterocycles. The normalized spacial score (nSPS) is 17.0. The van der Waals surface area contributed by atoms with Gasteiger partial charge in [0.15, 0.2) is 5.78 Å². The number of piperazine rings is 1. The van der Waals surface area contributed by atoms with E-state index < -0.39 is 0 Å². The zero-order chi connectivity index (χ0) is 18.1. The van der Waals surface area contributed by atoms with E-state index in [1.165, 1.54) is 23.0 Å². The number of fused-ring (bicyclic) bond motifs is 1. The summed E-state index contributed by atoms with van der Waals surface area (Å²) in [7, 11) is 0. The lowest BCUT2D eigenvalue weighted by molar-refractivity contribution is -0.917. The Morgan fingerprint density at radius 1 is 1.23 bits per heavy atom. The van der Waals surface area contributed by atoms with E-state index in [4.69, 9.17) is 4.74 Å². The van der Waals surface area contributed by atoms with Crippen molar-refractivity contribution in [1.82, 2.24) is 9.88 Å². The van der Waals surface area contributed by atoms with Crippen LogP contribution in [-0.2, 0) is 13.0 Å². The maximum atomic E-state index is 12.6. The number of nitrogens with one attached hydrogen (secondary N) is 2. The first kappa shape index (κ1) is 16.8. The maximum Gasteiger partial charge on any atom is 0.270 e. The molecule has 0 radical (unpaired) electrons. The number of ether oxygens (including phenoxy) is 1. The van der Waals surface area contributed by atoms with E-state index in [0.717, 1.165) is 51.5 Å². The van der Waals surface area contributed by atoms with Gasteiger partial charge in [-0.15, -0.1) is 0 Å². The van der Waals surface area contributed by atoms with Crippen molar-refractivity contribution in [3.8, 4) is 5.75 Å². The SMILES string of the molecule is CC(=O)c1c[nH]c(C(=O)N2CC[NH+](Cc3ccc4c(c3)CCO4)CC2)c1. The number of Topliss-reactive ketones (excluding diaryl/α,β-unsaturated/α-hetero) is 1. The summed E-state index contributed by atoms with van der Waals surface area (Å²) in [4.78, 5) is 30.3. The third-order valence-electron chi connectivity index (χ3n) is 5.29. The molecule has 0 atom stereocenters. The van der Waals surface area contributed by atoms with Crippen molar-refractivity contribution in [1.29, 1.82) is 0 Å². The standard InChI is InChI=1S/C20H23N3O3/c1-14(24)17-11-18(21-12-17)20(25)23-7-5-22(6-8-23)13-15-2-3-19-16(10-15)4-9-26-19/h2-3,10-12,21H,4-9,13H2,1H3/p+1. The Morgan fingerprint density at radius 3 is 2.77 bits per heavy atom. The summed E-state index contributed by atoms with van der Waals surface area (Å²) in [5.41, 5.74) is 3.69. The fourth-order valence-electron chi connectivity index (χ4n) is 3.73. The Bertz CT molecular complexity index is 835. The van der Waals surface area contributed by atoms with Crippen molar-refractivity contribution >= 4 is 11.7 Å². The van der Waals surface area contributed by atoms with Gasteiger partial charge in [0.2, 0.25) is 0 Å². The van der Waals surface area contributed by atoms with Crippen LogP contribution in [0, 0.1) is 0 Å². The summed E-state index contributed by atoms with van der Waals surface area (Å²) < 4.78 is 5.57. The molecule has 1 aromatic carbocycles. The number of H-pyrrole nitrogens is 1. The number of amides is 1. The minimum Gasteiger partial charge on any atom is -0.493 e. The van der Waals surface area contributed by atoms with Gasteiger partial charge in [-0.3, -0.25) is 9.59 Å². The van der Waals surface area contributed by atoms with Gasteiger partial charge in [-0.05, 0) is 36.8 Å². The molecule has 6 nitrogen and oxygen atoms in total. The van der Waals surface area contributed by atoms with E-state index in [1.807, 2.05) is 4.90 Å². The molecule has 2 N–H and O–H groups in total. The first-order valence-electron chi connectivity index (χ1n) is 9.17. The number of quaternary nitrogens is 1. The molecule has 1 amide bonds. The minimum absolute atomic E-state index is 0.0220. The molecule has 2 aromatic rings. The van der Waals surface area contributed by atoms with Crippen LogP contribution in [0.3, 0.4) is 0 Å². The lowest BCUT2D eigenvalue weighted by Gasteiger charge is -2.32. The molecule has 0 bridgehead atoms. The number of rotatable bonds is 4. The summed E-state index contributed by atoms with van der Waals surface area (Å²) in [5.74, 6) is 0.968. The van der Waals surface area contributed by atoms with Crippen LogP contribution in [0.15, 0.2) is 30.5 Å². The predicted octanol–water partition coefficient (Wildman–Crippen LogP) is 0.693. The second-order valence-electron chi connectivity index (χ2n) is 7.12. The van der Waals surface area contributed by atoms with Gasteiger partial charge in [0, 0.05) is 23.7 Å². The van der Waals surface area contributed by atoms with E-state index in [1.54, 1.807) is 12.3 Å². The Kier molecular flexibility index (Phi) is 4.51. The van der Waals surface area contributed by atoms with Crippen molar-refractivity contribution in [2.45, 2.75) is 19.9 Å². The van der Waals surface area contributed by atoms with Crippen LogP contribution >= 0.6 is 0 Å². The van der Waals surface area contributed by atoms with E-state index in [-0.39, 0.29) is 11.7 Å². The molecule has 1 aromatic heterocycles. The Labute approximate surface area is 152 Å². The van der Waals surface area contributed by atoms with E-state index >= 15 is 0 Å². The first-order valence-corrected chi connectivity index (χ1v) is 9.17. The topological polar surface area (TPSA) is 66.8 Å². The van der Waals surface area contributed by atoms with E-state index in [0.29, 0.717) is 11.3 Å². The summed E-state index contributed by atoms with van der Waals surface area (Å²) >= 11 is 0. The second-order valence-corrected chi connectivity index (χ2v) is 7.12. The van der Waals surface area contributed by atoms with E-state index in [2.05, 4.69) is 23.2 Å². The molecule has 136 valence electrons. The molecule has 0 spiro atoms. The smallest absolute Gasteiger partial charge is 0.270 e. The van der Waals surface area contributed by atoms with Gasteiger partial charge in [-0.2, -0.15) is 0 Å². The molecule has 6 heteroatoms. The van der Waals surface area contributed by atoms with Crippen LogP contribution in [0.4, 0.5) is 0 Å². The Morgan fingerprint density at radius 2 is 2.04 bits per heavy atom. The zero-order valence-corrected chi connectivity index (χ0v) is 15.0. The third kappa shape index (κ3) is 3.37. The van der Waals surface area contributed by atoms with Crippen LogP contribution in [-0.4, -0.2) is 54.4 Å². The van der Waals surface area contributed by atoms with Gasteiger partial charge in [0.25, 0.3) is 5.91 Å². The molecule has 0 aliphatic carbocycles. The molecular weight excluding hydrogens is 330 g/mol. The van der Waals surface area contributed by atoms with Crippen molar-refractivity contribution in [3.63, 3.8) is 0 Å². The molecule has 26 heavy (non-hydrogen) atoms. The highest BCUT2D eigenvalue weighted by molar-refractivity contribution is 5.99. The average molecular weight is 354 g/mol. The van der Waals surface area contributed by atoms with Gasteiger partial charge < -0.3 is 19.5 Å². The summed E-state index contributed by atoms with van der Waals surface area (Å²) in [6.07, 6.45) is 2.60. The lowest BCUT2D eigenvalue weighted by atomic mass is 10.1. The average Bonchev–Trinajstić information content (AvgIpc) is 3.31. The van der Waals surface area contributed by atoms with Gasteiger partial charge >= 0.3 is 0 Å². The summed E-state index contributed by atoms with van der Waals surface area (Å²) in [6.45, 7) is 6.60.